The minimum Gasteiger partial charge on any atom is -0.497 e. The molecule has 2 aromatic rings. The number of esters is 1. The summed E-state index contributed by atoms with van der Waals surface area (Å²) in [6.45, 7) is 3.33. The van der Waals surface area contributed by atoms with Crippen LogP contribution in [0.15, 0.2) is 48.5 Å². The summed E-state index contributed by atoms with van der Waals surface area (Å²) < 4.78 is 10.1. The molecule has 7 nitrogen and oxygen atoms in total. The third-order valence-electron chi connectivity index (χ3n) is 3.98. The van der Waals surface area contributed by atoms with Crippen molar-refractivity contribution in [2.24, 2.45) is 0 Å². The predicted octanol–water partition coefficient (Wildman–Crippen LogP) is 1.98. The topological polar surface area (TPSA) is 93.7 Å². The Morgan fingerprint density at radius 3 is 2.39 bits per heavy atom. The minimum atomic E-state index is -0.971. The minimum absolute atomic E-state index is 0.300. The van der Waals surface area contributed by atoms with Crippen molar-refractivity contribution < 1.29 is 23.9 Å². The van der Waals surface area contributed by atoms with Crippen molar-refractivity contribution in [1.82, 2.24) is 10.6 Å². The first-order valence-electron chi connectivity index (χ1n) is 8.84. The molecule has 2 N–H and O–H groups in total. The van der Waals surface area contributed by atoms with Crippen LogP contribution in [0.2, 0.25) is 0 Å². The van der Waals surface area contributed by atoms with Crippen molar-refractivity contribution in [3.05, 3.63) is 65.2 Å². The van der Waals surface area contributed by atoms with E-state index in [4.69, 9.17) is 9.47 Å². The van der Waals surface area contributed by atoms with Gasteiger partial charge in [-0.3, -0.25) is 14.4 Å². The highest BCUT2D eigenvalue weighted by Gasteiger charge is 2.18. The Bertz CT molecular complexity index is 833. The van der Waals surface area contributed by atoms with Crippen LogP contribution < -0.4 is 15.4 Å². The van der Waals surface area contributed by atoms with Gasteiger partial charge in [-0.1, -0.05) is 29.8 Å². The average molecular weight is 384 g/mol. The first-order valence-corrected chi connectivity index (χ1v) is 8.84. The maximum Gasteiger partial charge on any atom is 0.326 e. The van der Waals surface area contributed by atoms with E-state index in [9.17, 15) is 14.4 Å². The number of hydrogen-bond acceptors (Lipinski definition) is 5. The zero-order valence-electron chi connectivity index (χ0n) is 16.2. The summed E-state index contributed by atoms with van der Waals surface area (Å²) in [5.74, 6) is -0.760. The van der Waals surface area contributed by atoms with Crippen molar-refractivity contribution in [1.29, 1.82) is 0 Å². The first kappa shape index (κ1) is 21.0. The molecular weight excluding hydrogens is 360 g/mol. The number of hydrogen-bond donors (Lipinski definition) is 2. The Kier molecular flexibility index (Phi) is 7.56. The molecule has 0 bridgehead atoms. The van der Waals surface area contributed by atoms with Crippen molar-refractivity contribution in [3.63, 3.8) is 0 Å². The number of ether oxygens (including phenoxy) is 2. The summed E-state index contributed by atoms with van der Waals surface area (Å²) >= 11 is 0. The second-order valence-electron chi connectivity index (χ2n) is 6.25. The van der Waals surface area contributed by atoms with Crippen LogP contribution in [0.25, 0.3) is 0 Å². The molecule has 0 aliphatic carbocycles. The van der Waals surface area contributed by atoms with Gasteiger partial charge in [0.05, 0.1) is 7.11 Å². The molecule has 0 unspecified atom stereocenters. The van der Waals surface area contributed by atoms with Gasteiger partial charge in [0.1, 0.15) is 12.3 Å². The quantitative estimate of drug-likeness (QED) is 0.679. The fraction of sp³-hybridized carbons (Fsp3) is 0.286. The van der Waals surface area contributed by atoms with E-state index in [0.29, 0.717) is 12.1 Å². The molecule has 148 valence electrons. The largest absolute Gasteiger partial charge is 0.497 e. The lowest BCUT2D eigenvalue weighted by atomic mass is 10.1. The fourth-order valence-corrected chi connectivity index (χ4v) is 2.41. The van der Waals surface area contributed by atoms with E-state index in [1.54, 1.807) is 37.4 Å². The van der Waals surface area contributed by atoms with Crippen molar-refractivity contribution in [2.45, 2.75) is 26.5 Å². The molecule has 0 radical (unpaired) electrons. The Balaban J connectivity index is 1.74. The molecular formula is C21H24N2O5. The van der Waals surface area contributed by atoms with Crippen molar-refractivity contribution in [3.8, 4) is 5.75 Å². The molecule has 2 amide bonds. The van der Waals surface area contributed by atoms with Gasteiger partial charge in [0.2, 0.25) is 0 Å². The van der Waals surface area contributed by atoms with Gasteiger partial charge in [0.15, 0.2) is 6.10 Å². The zero-order valence-corrected chi connectivity index (χ0v) is 16.2. The molecule has 0 heterocycles. The Labute approximate surface area is 164 Å². The Morgan fingerprint density at radius 1 is 1.04 bits per heavy atom. The van der Waals surface area contributed by atoms with Gasteiger partial charge >= 0.3 is 5.97 Å². The number of carbonyl (C=O) groups is 3. The van der Waals surface area contributed by atoms with Crippen LogP contribution in [0.3, 0.4) is 0 Å². The van der Waals surface area contributed by atoms with Crippen LogP contribution in [0.1, 0.15) is 28.4 Å². The highest BCUT2D eigenvalue weighted by molar-refractivity contribution is 5.96. The molecule has 1 atom stereocenters. The SMILES string of the molecule is COc1ccc(CNC(=O)[C@H](C)OC(=O)CNC(=O)c2cccc(C)c2)cc1. The molecule has 7 heteroatoms. The highest BCUT2D eigenvalue weighted by Crippen LogP contribution is 2.11. The maximum absolute atomic E-state index is 12.1. The summed E-state index contributed by atoms with van der Waals surface area (Å²) in [5, 5.41) is 5.18. The van der Waals surface area contributed by atoms with Crippen LogP contribution in [-0.2, 0) is 20.9 Å². The molecule has 2 aromatic carbocycles. The van der Waals surface area contributed by atoms with Gasteiger partial charge in [0, 0.05) is 12.1 Å². The number of aryl methyl sites for hydroxylation is 1. The lowest BCUT2D eigenvalue weighted by Crippen LogP contribution is -2.38. The lowest BCUT2D eigenvalue weighted by molar-refractivity contribution is -0.153. The third-order valence-corrected chi connectivity index (χ3v) is 3.98. The van der Waals surface area contributed by atoms with E-state index in [-0.39, 0.29) is 12.5 Å². The summed E-state index contributed by atoms with van der Waals surface area (Å²) in [6.07, 6.45) is -0.971. The second-order valence-corrected chi connectivity index (χ2v) is 6.25. The standard InChI is InChI=1S/C21H24N2O5/c1-14-5-4-6-17(11-14)21(26)23-13-19(24)28-15(2)20(25)22-12-16-7-9-18(27-3)10-8-16/h4-11,15H,12-13H2,1-3H3,(H,22,25)(H,23,26)/t15-/m0/s1. The normalized spacial score (nSPS) is 11.2. The number of carbonyl (C=O) groups excluding carboxylic acids is 3. The smallest absolute Gasteiger partial charge is 0.326 e. The van der Waals surface area contributed by atoms with E-state index in [1.807, 2.05) is 25.1 Å². The number of amides is 2. The molecule has 0 spiro atoms. The number of benzene rings is 2. The maximum atomic E-state index is 12.1. The van der Waals surface area contributed by atoms with E-state index >= 15 is 0 Å². The van der Waals surface area contributed by atoms with Gasteiger partial charge in [-0.15, -0.1) is 0 Å². The predicted molar refractivity (Wildman–Crippen MR) is 104 cm³/mol. The van der Waals surface area contributed by atoms with E-state index in [2.05, 4.69) is 10.6 Å². The molecule has 28 heavy (non-hydrogen) atoms. The molecule has 0 aromatic heterocycles. The monoisotopic (exact) mass is 384 g/mol. The highest BCUT2D eigenvalue weighted by atomic mass is 16.5. The van der Waals surface area contributed by atoms with E-state index in [0.717, 1.165) is 16.9 Å². The summed E-state index contributed by atoms with van der Waals surface area (Å²) in [4.78, 5) is 36.0. The Hall–Kier alpha value is -3.35. The van der Waals surface area contributed by atoms with E-state index < -0.39 is 18.0 Å². The van der Waals surface area contributed by atoms with Gasteiger partial charge in [-0.25, -0.2) is 0 Å². The van der Waals surface area contributed by atoms with Gasteiger partial charge < -0.3 is 20.1 Å². The fourth-order valence-electron chi connectivity index (χ4n) is 2.41. The molecule has 0 saturated carbocycles. The van der Waals surface area contributed by atoms with Crippen LogP contribution in [0, 0.1) is 6.92 Å². The summed E-state index contributed by atoms with van der Waals surface area (Å²) in [6, 6.07) is 14.3. The van der Waals surface area contributed by atoms with Crippen molar-refractivity contribution in [2.75, 3.05) is 13.7 Å². The summed E-state index contributed by atoms with van der Waals surface area (Å²) in [7, 11) is 1.58. The summed E-state index contributed by atoms with van der Waals surface area (Å²) in [5.41, 5.74) is 2.29. The van der Waals surface area contributed by atoms with Gasteiger partial charge in [-0.2, -0.15) is 0 Å². The van der Waals surface area contributed by atoms with Crippen LogP contribution in [0.4, 0.5) is 0 Å². The lowest BCUT2D eigenvalue weighted by Gasteiger charge is -2.14. The van der Waals surface area contributed by atoms with Crippen LogP contribution in [-0.4, -0.2) is 37.5 Å². The average Bonchev–Trinajstić information content (AvgIpc) is 2.70. The molecule has 0 aliphatic heterocycles. The molecule has 0 saturated heterocycles. The molecule has 2 rings (SSSR count). The third kappa shape index (κ3) is 6.42. The Morgan fingerprint density at radius 2 is 1.75 bits per heavy atom. The number of nitrogens with one attached hydrogen (secondary N) is 2. The van der Waals surface area contributed by atoms with Gasteiger partial charge in [-0.05, 0) is 43.7 Å². The molecule has 0 fully saturated rings. The van der Waals surface area contributed by atoms with Crippen LogP contribution in [0.5, 0.6) is 5.75 Å². The van der Waals surface area contributed by atoms with Crippen LogP contribution >= 0.6 is 0 Å². The first-order chi connectivity index (χ1) is 13.4. The number of methoxy groups -OCH3 is 1. The van der Waals surface area contributed by atoms with Crippen molar-refractivity contribution >= 4 is 17.8 Å². The zero-order chi connectivity index (χ0) is 20.5. The second kappa shape index (κ2) is 10.1. The number of rotatable bonds is 8. The molecule has 0 aliphatic rings. The van der Waals surface area contributed by atoms with E-state index in [1.165, 1.54) is 6.92 Å². The van der Waals surface area contributed by atoms with Gasteiger partial charge in [0.25, 0.3) is 11.8 Å².